The SMILES string of the molecule is COCCCCOc1cc(C)ccc1C(=O)O. The molecule has 94 valence electrons. The minimum absolute atomic E-state index is 0.211. The van der Waals surface area contributed by atoms with Crippen LogP contribution in [0, 0.1) is 6.92 Å². The molecular formula is C13H18O4. The molecule has 0 radical (unpaired) electrons. The average molecular weight is 238 g/mol. The normalized spacial score (nSPS) is 10.2. The van der Waals surface area contributed by atoms with E-state index in [-0.39, 0.29) is 5.56 Å². The molecule has 0 aliphatic heterocycles. The van der Waals surface area contributed by atoms with Gasteiger partial charge in [0.05, 0.1) is 6.61 Å². The molecule has 1 rings (SSSR count). The second-order valence-electron chi connectivity index (χ2n) is 3.85. The maximum absolute atomic E-state index is 11.0. The van der Waals surface area contributed by atoms with Crippen LogP contribution in [0.2, 0.25) is 0 Å². The molecule has 0 saturated carbocycles. The molecule has 1 aromatic rings. The summed E-state index contributed by atoms with van der Waals surface area (Å²) < 4.78 is 10.4. The molecule has 0 aliphatic carbocycles. The van der Waals surface area contributed by atoms with Gasteiger partial charge in [-0.15, -0.1) is 0 Å². The van der Waals surface area contributed by atoms with Gasteiger partial charge in [-0.1, -0.05) is 6.07 Å². The summed E-state index contributed by atoms with van der Waals surface area (Å²) in [5.41, 5.74) is 1.20. The quantitative estimate of drug-likeness (QED) is 0.741. The van der Waals surface area contributed by atoms with Crippen molar-refractivity contribution in [1.82, 2.24) is 0 Å². The number of carboxylic acids is 1. The van der Waals surface area contributed by atoms with E-state index in [2.05, 4.69) is 0 Å². The van der Waals surface area contributed by atoms with Gasteiger partial charge >= 0.3 is 5.97 Å². The number of hydrogen-bond acceptors (Lipinski definition) is 3. The Morgan fingerprint density at radius 3 is 2.65 bits per heavy atom. The molecule has 0 atom stereocenters. The molecule has 0 aliphatic rings. The minimum atomic E-state index is -0.961. The molecule has 1 N–H and O–H groups in total. The third-order valence-electron chi connectivity index (χ3n) is 2.37. The van der Waals surface area contributed by atoms with Crippen molar-refractivity contribution in [2.75, 3.05) is 20.3 Å². The Balaban J connectivity index is 2.56. The number of methoxy groups -OCH3 is 1. The molecule has 0 amide bonds. The zero-order valence-corrected chi connectivity index (χ0v) is 10.2. The Hall–Kier alpha value is -1.55. The molecule has 17 heavy (non-hydrogen) atoms. The molecule has 4 heteroatoms. The molecule has 0 bridgehead atoms. The van der Waals surface area contributed by atoms with Gasteiger partial charge in [0.1, 0.15) is 11.3 Å². The minimum Gasteiger partial charge on any atom is -0.493 e. The summed E-state index contributed by atoms with van der Waals surface area (Å²) in [5.74, 6) is -0.521. The smallest absolute Gasteiger partial charge is 0.339 e. The van der Waals surface area contributed by atoms with Crippen LogP contribution in [0.1, 0.15) is 28.8 Å². The van der Waals surface area contributed by atoms with Crippen molar-refractivity contribution in [3.63, 3.8) is 0 Å². The molecule has 0 aromatic heterocycles. The fourth-order valence-corrected chi connectivity index (χ4v) is 1.46. The van der Waals surface area contributed by atoms with Gasteiger partial charge in [-0.05, 0) is 37.5 Å². The van der Waals surface area contributed by atoms with E-state index in [1.54, 1.807) is 25.3 Å². The van der Waals surface area contributed by atoms with E-state index < -0.39 is 5.97 Å². The number of unbranched alkanes of at least 4 members (excludes halogenated alkanes) is 1. The first kappa shape index (κ1) is 13.5. The number of hydrogen-bond donors (Lipinski definition) is 1. The van der Waals surface area contributed by atoms with E-state index in [1.165, 1.54) is 0 Å². The highest BCUT2D eigenvalue weighted by atomic mass is 16.5. The van der Waals surface area contributed by atoms with Gasteiger partial charge in [-0.2, -0.15) is 0 Å². The average Bonchev–Trinajstić information content (AvgIpc) is 2.28. The van der Waals surface area contributed by atoms with Crippen LogP contribution in [0.3, 0.4) is 0 Å². The molecule has 1 aromatic carbocycles. The van der Waals surface area contributed by atoms with E-state index in [1.807, 2.05) is 6.92 Å². The second kappa shape index (κ2) is 6.91. The van der Waals surface area contributed by atoms with Gasteiger partial charge in [0.15, 0.2) is 0 Å². The number of carboxylic acid groups (broad SMARTS) is 1. The summed E-state index contributed by atoms with van der Waals surface area (Å²) in [5, 5.41) is 9.00. The summed E-state index contributed by atoms with van der Waals surface area (Å²) in [6, 6.07) is 5.09. The van der Waals surface area contributed by atoms with Crippen LogP contribution in [0.15, 0.2) is 18.2 Å². The lowest BCUT2D eigenvalue weighted by Crippen LogP contribution is -2.05. The van der Waals surface area contributed by atoms with Gasteiger partial charge in [0, 0.05) is 13.7 Å². The van der Waals surface area contributed by atoms with Crippen LogP contribution >= 0.6 is 0 Å². The number of aryl methyl sites for hydroxylation is 1. The number of rotatable bonds is 7. The highest BCUT2D eigenvalue weighted by Crippen LogP contribution is 2.20. The van der Waals surface area contributed by atoms with Crippen LogP contribution in [-0.4, -0.2) is 31.4 Å². The third kappa shape index (κ3) is 4.44. The first-order chi connectivity index (χ1) is 8.15. The maximum Gasteiger partial charge on any atom is 0.339 e. The van der Waals surface area contributed by atoms with E-state index in [0.29, 0.717) is 19.0 Å². The zero-order valence-electron chi connectivity index (χ0n) is 10.2. The van der Waals surface area contributed by atoms with Crippen molar-refractivity contribution in [3.8, 4) is 5.75 Å². The van der Waals surface area contributed by atoms with Gasteiger partial charge in [-0.25, -0.2) is 4.79 Å². The summed E-state index contributed by atoms with van der Waals surface area (Å²) in [4.78, 5) is 11.0. The Bertz CT molecular complexity index is 374. The largest absolute Gasteiger partial charge is 0.493 e. The summed E-state index contributed by atoms with van der Waals surface area (Å²) in [6.07, 6.45) is 1.76. The van der Waals surface area contributed by atoms with Crippen molar-refractivity contribution in [1.29, 1.82) is 0 Å². The lowest BCUT2D eigenvalue weighted by Gasteiger charge is -2.09. The van der Waals surface area contributed by atoms with Crippen LogP contribution in [-0.2, 0) is 4.74 Å². The van der Waals surface area contributed by atoms with Gasteiger partial charge in [-0.3, -0.25) is 0 Å². The highest BCUT2D eigenvalue weighted by molar-refractivity contribution is 5.90. The van der Waals surface area contributed by atoms with Crippen LogP contribution in [0.25, 0.3) is 0 Å². The second-order valence-corrected chi connectivity index (χ2v) is 3.85. The first-order valence-electron chi connectivity index (χ1n) is 5.61. The summed E-state index contributed by atoms with van der Waals surface area (Å²) >= 11 is 0. The van der Waals surface area contributed by atoms with E-state index in [9.17, 15) is 4.79 Å². The Labute approximate surface area is 101 Å². The number of benzene rings is 1. The number of aromatic carboxylic acids is 1. The summed E-state index contributed by atoms with van der Waals surface area (Å²) in [6.45, 7) is 3.11. The molecule has 0 fully saturated rings. The van der Waals surface area contributed by atoms with Crippen LogP contribution < -0.4 is 4.74 Å². The van der Waals surface area contributed by atoms with Gasteiger partial charge in [0.2, 0.25) is 0 Å². The Kier molecular flexibility index (Phi) is 5.49. The molecule has 4 nitrogen and oxygen atoms in total. The van der Waals surface area contributed by atoms with Crippen molar-refractivity contribution < 1.29 is 19.4 Å². The van der Waals surface area contributed by atoms with E-state index >= 15 is 0 Å². The zero-order chi connectivity index (χ0) is 12.7. The van der Waals surface area contributed by atoms with E-state index in [0.717, 1.165) is 18.4 Å². The first-order valence-corrected chi connectivity index (χ1v) is 5.61. The Morgan fingerprint density at radius 1 is 1.29 bits per heavy atom. The fraction of sp³-hybridized carbons (Fsp3) is 0.462. The van der Waals surface area contributed by atoms with E-state index in [4.69, 9.17) is 14.6 Å². The molecular weight excluding hydrogens is 220 g/mol. The third-order valence-corrected chi connectivity index (χ3v) is 2.37. The topological polar surface area (TPSA) is 55.8 Å². The van der Waals surface area contributed by atoms with Crippen LogP contribution in [0.4, 0.5) is 0 Å². The standard InChI is InChI=1S/C13H18O4/c1-10-5-6-11(13(14)15)12(9-10)17-8-4-3-7-16-2/h5-6,9H,3-4,7-8H2,1-2H3,(H,14,15). The van der Waals surface area contributed by atoms with Crippen LogP contribution in [0.5, 0.6) is 5.75 Å². The van der Waals surface area contributed by atoms with Crippen molar-refractivity contribution in [2.45, 2.75) is 19.8 Å². The van der Waals surface area contributed by atoms with Crippen molar-refractivity contribution >= 4 is 5.97 Å². The lowest BCUT2D eigenvalue weighted by atomic mass is 10.1. The van der Waals surface area contributed by atoms with Gasteiger partial charge < -0.3 is 14.6 Å². The predicted molar refractivity (Wildman–Crippen MR) is 64.7 cm³/mol. The Morgan fingerprint density at radius 2 is 2.00 bits per heavy atom. The highest BCUT2D eigenvalue weighted by Gasteiger charge is 2.10. The van der Waals surface area contributed by atoms with Gasteiger partial charge in [0.25, 0.3) is 0 Å². The lowest BCUT2D eigenvalue weighted by molar-refractivity contribution is 0.0692. The molecule has 0 spiro atoms. The predicted octanol–water partition coefficient (Wildman–Crippen LogP) is 2.50. The molecule has 0 saturated heterocycles. The number of ether oxygens (including phenoxy) is 2. The van der Waals surface area contributed by atoms with Crippen molar-refractivity contribution in [2.24, 2.45) is 0 Å². The molecule has 0 heterocycles. The maximum atomic E-state index is 11.0. The fourth-order valence-electron chi connectivity index (χ4n) is 1.46. The summed E-state index contributed by atoms with van der Waals surface area (Å²) in [7, 11) is 1.66. The monoisotopic (exact) mass is 238 g/mol. The van der Waals surface area contributed by atoms with Crippen molar-refractivity contribution in [3.05, 3.63) is 29.3 Å². The molecule has 0 unspecified atom stereocenters. The number of carbonyl (C=O) groups is 1.